The van der Waals surface area contributed by atoms with Crippen LogP contribution in [0.5, 0.6) is 0 Å². The summed E-state index contributed by atoms with van der Waals surface area (Å²) >= 11 is 0. The highest BCUT2D eigenvalue weighted by Gasteiger charge is 2.50. The molecular weight excluding hydrogens is 580 g/mol. The first-order valence-electron chi connectivity index (χ1n) is 19.0. The number of rotatable bonds is 13. The molecule has 46 heavy (non-hydrogen) atoms. The monoisotopic (exact) mass is 642 g/mol. The van der Waals surface area contributed by atoms with Crippen LogP contribution in [0.2, 0.25) is 0 Å². The lowest BCUT2D eigenvalue weighted by molar-refractivity contribution is -0.129. The predicted octanol–water partition coefficient (Wildman–Crippen LogP) is 5.29. The predicted molar refractivity (Wildman–Crippen MR) is 180 cm³/mol. The van der Waals surface area contributed by atoms with Crippen molar-refractivity contribution in [3.05, 3.63) is 0 Å². The van der Waals surface area contributed by atoms with Crippen LogP contribution < -0.4 is 21.3 Å². The molecule has 0 aromatic rings. The van der Waals surface area contributed by atoms with Gasteiger partial charge in [-0.1, -0.05) is 77.0 Å². The molecule has 3 amide bonds. The molecular formula is C37H62N4O5. The third-order valence-electron chi connectivity index (χ3n) is 11.3. The molecule has 2 bridgehead atoms. The lowest BCUT2D eigenvalue weighted by Crippen LogP contribution is -2.44. The van der Waals surface area contributed by atoms with Crippen LogP contribution in [0.25, 0.3) is 0 Å². The number of hydrogen-bond donors (Lipinski definition) is 4. The molecule has 1 aliphatic heterocycles. The normalized spacial score (nSPS) is 28.0. The third-order valence-corrected chi connectivity index (χ3v) is 11.3. The molecule has 9 heteroatoms. The van der Waals surface area contributed by atoms with E-state index in [9.17, 15) is 24.0 Å². The van der Waals surface area contributed by atoms with Crippen LogP contribution in [0.3, 0.4) is 0 Å². The Hall–Kier alpha value is -2.29. The molecule has 4 N–H and O–H groups in total. The van der Waals surface area contributed by atoms with Gasteiger partial charge in [0.1, 0.15) is 5.78 Å². The number of carbonyl (C=O) groups excluding carboxylic acids is 5. The highest BCUT2D eigenvalue weighted by atomic mass is 16.2. The van der Waals surface area contributed by atoms with E-state index in [1.54, 1.807) is 0 Å². The topological polar surface area (TPSA) is 133 Å². The molecule has 3 aliphatic carbocycles. The van der Waals surface area contributed by atoms with Crippen LogP contribution in [0.4, 0.5) is 0 Å². The zero-order valence-corrected chi connectivity index (χ0v) is 28.4. The van der Waals surface area contributed by atoms with Crippen molar-refractivity contribution in [2.24, 2.45) is 23.7 Å². The van der Waals surface area contributed by atoms with E-state index in [4.69, 9.17) is 0 Å². The van der Waals surface area contributed by atoms with Crippen molar-refractivity contribution in [2.45, 2.75) is 160 Å². The Morgan fingerprint density at radius 1 is 0.587 bits per heavy atom. The summed E-state index contributed by atoms with van der Waals surface area (Å²) in [6, 6.07) is 0.308. The van der Waals surface area contributed by atoms with E-state index in [0.29, 0.717) is 30.2 Å². The number of amides is 3. The molecule has 1 saturated heterocycles. The van der Waals surface area contributed by atoms with Gasteiger partial charge in [0.25, 0.3) is 0 Å². The van der Waals surface area contributed by atoms with Crippen LogP contribution in [0.15, 0.2) is 0 Å². The van der Waals surface area contributed by atoms with Crippen molar-refractivity contribution in [2.75, 3.05) is 19.6 Å². The van der Waals surface area contributed by atoms with E-state index in [0.717, 1.165) is 44.9 Å². The van der Waals surface area contributed by atoms with Crippen molar-refractivity contribution in [1.82, 2.24) is 21.3 Å². The van der Waals surface area contributed by atoms with Crippen molar-refractivity contribution in [3.63, 3.8) is 0 Å². The Morgan fingerprint density at radius 3 is 1.80 bits per heavy atom. The number of carbonyl (C=O) groups is 5. The van der Waals surface area contributed by atoms with Crippen molar-refractivity contribution in [3.8, 4) is 0 Å². The lowest BCUT2D eigenvalue weighted by Gasteiger charge is -2.39. The van der Waals surface area contributed by atoms with Crippen molar-refractivity contribution >= 4 is 29.3 Å². The number of Topliss-reactive ketones (excluding diaryl/α,β-unsaturated/α-hetero) is 2. The molecule has 5 unspecified atom stereocenters. The van der Waals surface area contributed by atoms with Gasteiger partial charge in [0.05, 0.1) is 19.1 Å². The Morgan fingerprint density at radius 2 is 1.13 bits per heavy atom. The third kappa shape index (κ3) is 12.1. The van der Waals surface area contributed by atoms with Gasteiger partial charge in [0.2, 0.25) is 17.7 Å². The maximum atomic E-state index is 13.4. The summed E-state index contributed by atoms with van der Waals surface area (Å²) in [6.45, 7) is 0.138. The van der Waals surface area contributed by atoms with Crippen molar-refractivity contribution < 1.29 is 24.0 Å². The highest BCUT2D eigenvalue weighted by Crippen LogP contribution is 2.44. The van der Waals surface area contributed by atoms with Gasteiger partial charge in [0.15, 0.2) is 5.78 Å². The zero-order chi connectivity index (χ0) is 32.6. The highest BCUT2D eigenvalue weighted by molar-refractivity contribution is 5.90. The number of hydrogen-bond acceptors (Lipinski definition) is 6. The van der Waals surface area contributed by atoms with Gasteiger partial charge in [0, 0.05) is 37.3 Å². The fourth-order valence-electron chi connectivity index (χ4n) is 8.63. The zero-order valence-electron chi connectivity index (χ0n) is 28.4. The van der Waals surface area contributed by atoms with Crippen LogP contribution in [0.1, 0.15) is 148 Å². The Balaban J connectivity index is 1.03. The fraction of sp³-hybridized carbons (Fsp3) is 0.865. The summed E-state index contributed by atoms with van der Waals surface area (Å²) in [6.07, 6.45) is 24.3. The van der Waals surface area contributed by atoms with Crippen molar-refractivity contribution in [1.29, 1.82) is 0 Å². The van der Waals surface area contributed by atoms with Crippen LogP contribution in [-0.4, -0.2) is 61.0 Å². The molecule has 0 spiro atoms. The van der Waals surface area contributed by atoms with Gasteiger partial charge in [-0.15, -0.1) is 0 Å². The SMILES string of the molecule is O=C(CCC(=O)C1CCCCCCCCCC1)NCC(=O)NCC(=O)NCCCCC1NC2C3CCCCCCC(CC3)C2C1=O. The first-order valence-corrected chi connectivity index (χ1v) is 19.0. The van der Waals surface area contributed by atoms with Crippen LogP contribution in [0, 0.1) is 23.7 Å². The van der Waals surface area contributed by atoms with E-state index in [2.05, 4.69) is 21.3 Å². The summed E-state index contributed by atoms with van der Waals surface area (Å²) < 4.78 is 0. The van der Waals surface area contributed by atoms with E-state index in [1.165, 1.54) is 89.9 Å². The first kappa shape index (κ1) is 36.5. The molecule has 0 radical (unpaired) electrons. The molecule has 260 valence electrons. The van der Waals surface area contributed by atoms with E-state index >= 15 is 0 Å². The maximum absolute atomic E-state index is 13.4. The largest absolute Gasteiger partial charge is 0.355 e. The second kappa shape index (κ2) is 20.2. The number of unbranched alkanes of at least 4 members (excludes halogenated alkanes) is 1. The minimum atomic E-state index is -0.433. The second-order valence-electron chi connectivity index (χ2n) is 14.7. The molecule has 0 aromatic carbocycles. The summed E-state index contributed by atoms with van der Waals surface area (Å²) in [5.41, 5.74) is 0. The molecule has 0 aromatic heterocycles. The van der Waals surface area contributed by atoms with Gasteiger partial charge in [-0.3, -0.25) is 24.0 Å². The Kier molecular flexibility index (Phi) is 16.0. The molecule has 4 rings (SSSR count). The van der Waals surface area contributed by atoms with Crippen LogP contribution in [-0.2, 0) is 24.0 Å². The first-order chi connectivity index (χ1) is 22.4. The molecule has 1 heterocycles. The quantitative estimate of drug-likeness (QED) is 0.202. The Labute approximate surface area is 277 Å². The summed E-state index contributed by atoms with van der Waals surface area (Å²) in [5, 5.41) is 11.7. The lowest BCUT2D eigenvalue weighted by atomic mass is 9.67. The molecule has 5 atom stereocenters. The second-order valence-corrected chi connectivity index (χ2v) is 14.7. The van der Waals surface area contributed by atoms with Gasteiger partial charge >= 0.3 is 0 Å². The smallest absolute Gasteiger partial charge is 0.239 e. The number of ketones is 2. The van der Waals surface area contributed by atoms with Gasteiger partial charge in [-0.25, -0.2) is 0 Å². The average Bonchev–Trinajstić information content (AvgIpc) is 3.36. The fourth-order valence-corrected chi connectivity index (χ4v) is 8.63. The van der Waals surface area contributed by atoms with E-state index in [-0.39, 0.29) is 61.4 Å². The average molecular weight is 643 g/mol. The van der Waals surface area contributed by atoms with Gasteiger partial charge in [-0.05, 0) is 69.6 Å². The standard InChI is InChI=1S/C37H62N4O5/c42-31(27-15-9-5-3-1-2-4-6-10-16-27)22-23-32(43)39-26-34(45)40-25-33(44)38-24-14-13-19-30-37(46)35-28-17-11-7-8-12-18-29(21-20-28)36(35)41-30/h27-30,35-36,41H,1-26H2,(H,38,44)(H,39,43)(H,40,45). The summed E-state index contributed by atoms with van der Waals surface area (Å²) in [4.78, 5) is 62.9. The van der Waals surface area contributed by atoms with Gasteiger partial charge < -0.3 is 21.3 Å². The molecule has 4 aliphatic rings. The van der Waals surface area contributed by atoms with Crippen LogP contribution >= 0.6 is 0 Å². The van der Waals surface area contributed by atoms with E-state index in [1.807, 2.05) is 0 Å². The Bertz CT molecular complexity index is 986. The minimum absolute atomic E-state index is 0.0533. The number of nitrogens with one attached hydrogen (secondary N) is 4. The summed E-state index contributed by atoms with van der Waals surface area (Å²) in [7, 11) is 0. The molecule has 4 fully saturated rings. The summed E-state index contributed by atoms with van der Waals surface area (Å²) in [5.74, 6) is 1.02. The van der Waals surface area contributed by atoms with Gasteiger partial charge in [-0.2, -0.15) is 0 Å². The molecule has 9 nitrogen and oxygen atoms in total. The minimum Gasteiger partial charge on any atom is -0.355 e. The maximum Gasteiger partial charge on any atom is 0.239 e. The van der Waals surface area contributed by atoms with E-state index < -0.39 is 5.91 Å². The molecule has 3 saturated carbocycles.